The number of rotatable bonds is 2. The van der Waals surface area contributed by atoms with E-state index in [1.807, 2.05) is 0 Å². The van der Waals surface area contributed by atoms with Crippen molar-refractivity contribution >= 4 is 38.5 Å². The first-order chi connectivity index (χ1) is 13.6. The van der Waals surface area contributed by atoms with Crippen molar-refractivity contribution in [3.63, 3.8) is 0 Å². The highest BCUT2D eigenvalue weighted by Crippen LogP contribution is 2.39. The average molecular weight is 376 g/mol. The van der Waals surface area contributed by atoms with E-state index in [9.17, 15) is 9.18 Å². The zero-order valence-electron chi connectivity index (χ0n) is 14.6. The number of nitrogens with two attached hydrogens (primary N) is 1. The second kappa shape index (κ2) is 5.74. The molecule has 3 heterocycles. The van der Waals surface area contributed by atoms with Crippen molar-refractivity contribution in [3.05, 3.63) is 53.0 Å². The van der Waals surface area contributed by atoms with Crippen molar-refractivity contribution in [1.82, 2.24) is 25.1 Å². The lowest BCUT2D eigenvalue weighted by molar-refractivity contribution is 0.419. The number of aromatic nitrogens is 5. The Morgan fingerprint density at radius 2 is 1.89 bits per heavy atom. The fourth-order valence-corrected chi connectivity index (χ4v) is 3.53. The number of ether oxygens (including phenoxy) is 1. The summed E-state index contributed by atoms with van der Waals surface area (Å²) < 4.78 is 19.6. The predicted molar refractivity (Wildman–Crippen MR) is 104 cm³/mol. The van der Waals surface area contributed by atoms with Crippen LogP contribution < -0.4 is 16.0 Å². The van der Waals surface area contributed by atoms with Crippen LogP contribution in [0, 0.1) is 5.82 Å². The summed E-state index contributed by atoms with van der Waals surface area (Å²) >= 11 is 0. The lowest BCUT2D eigenvalue weighted by Gasteiger charge is -2.14. The Hall–Kier alpha value is -4.01. The number of benzene rings is 2. The van der Waals surface area contributed by atoms with E-state index in [0.717, 1.165) is 0 Å². The molecule has 9 heteroatoms. The van der Waals surface area contributed by atoms with E-state index in [1.54, 1.807) is 18.3 Å². The van der Waals surface area contributed by atoms with Gasteiger partial charge in [-0.25, -0.2) is 9.37 Å². The molecule has 0 bridgehead atoms. The maximum Gasteiger partial charge on any atom is 0.272 e. The molecule has 0 spiro atoms. The zero-order chi connectivity index (χ0) is 19.4. The van der Waals surface area contributed by atoms with E-state index < -0.39 is 11.4 Å². The van der Waals surface area contributed by atoms with Gasteiger partial charge in [-0.05, 0) is 17.7 Å². The number of anilines is 1. The van der Waals surface area contributed by atoms with Gasteiger partial charge in [0.25, 0.3) is 5.56 Å². The molecule has 0 fully saturated rings. The molecule has 0 aliphatic heterocycles. The lowest BCUT2D eigenvalue weighted by Crippen LogP contribution is -2.14. The number of hydrogen-bond acceptors (Lipinski definition) is 6. The minimum absolute atomic E-state index is 0.00639. The third-order valence-electron chi connectivity index (χ3n) is 4.79. The Morgan fingerprint density at radius 3 is 2.68 bits per heavy atom. The van der Waals surface area contributed by atoms with Gasteiger partial charge in [-0.15, -0.1) is 0 Å². The van der Waals surface area contributed by atoms with Crippen LogP contribution in [0.2, 0.25) is 0 Å². The Balaban J connectivity index is 2.03. The quantitative estimate of drug-likeness (QED) is 0.407. The number of pyridine rings is 1. The zero-order valence-corrected chi connectivity index (χ0v) is 14.6. The molecule has 0 aliphatic rings. The summed E-state index contributed by atoms with van der Waals surface area (Å²) in [5, 5.41) is 7.68. The molecule has 138 valence electrons. The first-order valence-corrected chi connectivity index (χ1v) is 8.35. The van der Waals surface area contributed by atoms with Crippen molar-refractivity contribution in [2.45, 2.75) is 0 Å². The Bertz CT molecular complexity index is 1460. The maximum atomic E-state index is 14.1. The van der Waals surface area contributed by atoms with Crippen LogP contribution in [0.15, 0.2) is 41.6 Å². The van der Waals surface area contributed by atoms with Crippen LogP contribution in [-0.2, 0) is 0 Å². The summed E-state index contributed by atoms with van der Waals surface area (Å²) in [5.41, 5.74) is 8.42. The first kappa shape index (κ1) is 16.2. The molecule has 0 radical (unpaired) electrons. The van der Waals surface area contributed by atoms with E-state index >= 15 is 0 Å². The largest absolute Gasteiger partial charge is 0.494 e. The van der Waals surface area contributed by atoms with E-state index in [4.69, 9.17) is 10.5 Å². The van der Waals surface area contributed by atoms with Gasteiger partial charge >= 0.3 is 0 Å². The number of nitrogens with one attached hydrogen (secondary N) is 2. The maximum absolute atomic E-state index is 14.1. The van der Waals surface area contributed by atoms with Gasteiger partial charge in [0.15, 0.2) is 0 Å². The van der Waals surface area contributed by atoms with E-state index in [-0.39, 0.29) is 11.2 Å². The van der Waals surface area contributed by atoms with E-state index in [2.05, 4.69) is 25.1 Å². The van der Waals surface area contributed by atoms with Crippen LogP contribution in [0.25, 0.3) is 44.0 Å². The van der Waals surface area contributed by atoms with Gasteiger partial charge in [0, 0.05) is 28.7 Å². The summed E-state index contributed by atoms with van der Waals surface area (Å²) in [7, 11) is 1.52. The molecule has 0 aliphatic carbocycles. The molecule has 8 nitrogen and oxygen atoms in total. The van der Waals surface area contributed by atoms with Gasteiger partial charge < -0.3 is 15.5 Å². The second-order valence-electron chi connectivity index (χ2n) is 6.25. The van der Waals surface area contributed by atoms with Gasteiger partial charge in [0.2, 0.25) is 0 Å². The van der Waals surface area contributed by atoms with Crippen molar-refractivity contribution in [2.75, 3.05) is 12.8 Å². The SMILES string of the molecule is COc1cc2c(-c3ccc(F)c4[nH]ncc34)c(N)c(=O)[nH]c2c2nccnc12. The topological polar surface area (TPSA) is 123 Å². The van der Waals surface area contributed by atoms with Crippen LogP contribution in [0.5, 0.6) is 5.75 Å². The fourth-order valence-electron chi connectivity index (χ4n) is 3.53. The highest BCUT2D eigenvalue weighted by molar-refractivity contribution is 6.14. The molecule has 28 heavy (non-hydrogen) atoms. The van der Waals surface area contributed by atoms with Crippen molar-refractivity contribution in [3.8, 4) is 16.9 Å². The molecular weight excluding hydrogens is 363 g/mol. The summed E-state index contributed by atoms with van der Waals surface area (Å²) in [5.74, 6) is 0.0340. The molecule has 0 saturated heterocycles. The normalized spacial score (nSPS) is 11.5. The minimum atomic E-state index is -0.472. The Kier molecular flexibility index (Phi) is 3.32. The Morgan fingerprint density at radius 1 is 1.11 bits per heavy atom. The molecular formula is C19H13FN6O2. The van der Waals surface area contributed by atoms with E-state index in [0.29, 0.717) is 44.2 Å². The van der Waals surface area contributed by atoms with E-state index in [1.165, 1.54) is 25.6 Å². The minimum Gasteiger partial charge on any atom is -0.494 e. The van der Waals surface area contributed by atoms with Crippen molar-refractivity contribution < 1.29 is 9.13 Å². The summed E-state index contributed by atoms with van der Waals surface area (Å²) in [6.07, 6.45) is 4.57. The second-order valence-corrected chi connectivity index (χ2v) is 6.25. The molecule has 3 aromatic heterocycles. The Labute approximate surface area is 156 Å². The third-order valence-corrected chi connectivity index (χ3v) is 4.79. The van der Waals surface area contributed by atoms with Gasteiger partial charge in [0.05, 0.1) is 18.8 Å². The summed E-state index contributed by atoms with van der Waals surface area (Å²) in [6, 6.07) is 4.62. The van der Waals surface area contributed by atoms with Crippen molar-refractivity contribution in [1.29, 1.82) is 0 Å². The molecule has 4 N–H and O–H groups in total. The standard InChI is InChI=1S/C19H13FN6O2/c1-28-12-6-9-13(8-2-3-11(20)15-10(8)7-24-26-15)14(21)19(27)25-16(9)18-17(12)22-4-5-23-18/h2-7H,21H2,1H3,(H,24,26)(H,25,27). The number of H-pyrrole nitrogens is 2. The molecule has 5 rings (SSSR count). The van der Waals surface area contributed by atoms with Crippen LogP contribution in [0.4, 0.5) is 10.1 Å². The number of methoxy groups -OCH3 is 1. The van der Waals surface area contributed by atoms with Crippen LogP contribution >= 0.6 is 0 Å². The number of aromatic amines is 2. The molecule has 0 saturated carbocycles. The number of nitrogen functional groups attached to an aromatic ring is 1. The van der Waals surface area contributed by atoms with Crippen LogP contribution in [0.3, 0.4) is 0 Å². The monoisotopic (exact) mass is 376 g/mol. The van der Waals surface area contributed by atoms with Crippen LogP contribution in [-0.4, -0.2) is 32.3 Å². The number of fused-ring (bicyclic) bond motifs is 4. The third kappa shape index (κ3) is 2.10. The smallest absolute Gasteiger partial charge is 0.272 e. The van der Waals surface area contributed by atoms with Gasteiger partial charge in [-0.1, -0.05) is 6.07 Å². The van der Waals surface area contributed by atoms with Gasteiger partial charge in [-0.2, -0.15) is 5.10 Å². The molecule has 5 aromatic rings. The van der Waals surface area contributed by atoms with Gasteiger partial charge in [0.1, 0.15) is 33.8 Å². The molecule has 0 atom stereocenters. The lowest BCUT2D eigenvalue weighted by atomic mass is 9.96. The number of halogens is 1. The van der Waals surface area contributed by atoms with Crippen molar-refractivity contribution in [2.24, 2.45) is 0 Å². The molecule has 0 unspecified atom stereocenters. The first-order valence-electron chi connectivity index (χ1n) is 8.35. The summed E-state index contributed by atoms with van der Waals surface area (Å²) in [4.78, 5) is 24.1. The van der Waals surface area contributed by atoms with Gasteiger partial charge in [-0.3, -0.25) is 14.9 Å². The molecule has 0 amide bonds. The number of hydrogen-bond donors (Lipinski definition) is 3. The number of nitrogens with zero attached hydrogens (tertiary/aromatic N) is 3. The summed E-state index contributed by atoms with van der Waals surface area (Å²) in [6.45, 7) is 0. The highest BCUT2D eigenvalue weighted by atomic mass is 19.1. The molecule has 2 aromatic carbocycles. The van der Waals surface area contributed by atoms with Crippen LogP contribution in [0.1, 0.15) is 0 Å². The fraction of sp³-hybridized carbons (Fsp3) is 0.0526. The predicted octanol–water partition coefficient (Wildman–Crippen LogP) is 2.74. The highest BCUT2D eigenvalue weighted by Gasteiger charge is 2.20. The average Bonchev–Trinajstić information content (AvgIpc) is 3.21.